The van der Waals surface area contributed by atoms with Crippen LogP contribution in [0.2, 0.25) is 0 Å². The number of nitrogens with zero attached hydrogens (tertiary/aromatic N) is 1. The second-order valence-corrected chi connectivity index (χ2v) is 5.95. The van der Waals surface area contributed by atoms with Gasteiger partial charge >= 0.3 is 0 Å². The van der Waals surface area contributed by atoms with E-state index in [-0.39, 0.29) is 5.91 Å². The molecule has 0 unspecified atom stereocenters. The van der Waals surface area contributed by atoms with Crippen molar-refractivity contribution in [2.45, 2.75) is 45.1 Å². The Labute approximate surface area is 127 Å². The van der Waals surface area contributed by atoms with Gasteiger partial charge in [-0.3, -0.25) is 4.79 Å². The molecule has 1 aliphatic rings. The lowest BCUT2D eigenvalue weighted by molar-refractivity contribution is -0.120. The average molecular weight is 289 g/mol. The van der Waals surface area contributed by atoms with Gasteiger partial charge in [0.15, 0.2) is 0 Å². The van der Waals surface area contributed by atoms with E-state index in [0.29, 0.717) is 19.1 Å². The summed E-state index contributed by atoms with van der Waals surface area (Å²) in [6, 6.07) is 8.70. The smallest absolute Gasteiger partial charge is 0.239 e. The first-order valence-corrected chi connectivity index (χ1v) is 8.00. The fourth-order valence-corrected chi connectivity index (χ4v) is 2.85. The third-order valence-electron chi connectivity index (χ3n) is 4.09. The van der Waals surface area contributed by atoms with Crippen LogP contribution in [-0.2, 0) is 4.79 Å². The summed E-state index contributed by atoms with van der Waals surface area (Å²) in [5.74, 6) is 0.125. The number of anilines is 1. The maximum Gasteiger partial charge on any atom is 0.239 e. The second kappa shape index (κ2) is 8.03. The van der Waals surface area contributed by atoms with Gasteiger partial charge in [-0.25, -0.2) is 0 Å². The number of nitrogens with one attached hydrogen (secondary N) is 1. The van der Waals surface area contributed by atoms with Crippen molar-refractivity contribution in [2.75, 3.05) is 24.5 Å². The molecule has 3 N–H and O–H groups in total. The molecule has 0 aliphatic heterocycles. The molecule has 1 aromatic rings. The van der Waals surface area contributed by atoms with Gasteiger partial charge in [-0.05, 0) is 44.9 Å². The summed E-state index contributed by atoms with van der Waals surface area (Å²) in [5, 5.41) is 3.16. The van der Waals surface area contributed by atoms with Crippen LogP contribution in [0.1, 0.15) is 37.7 Å². The van der Waals surface area contributed by atoms with E-state index in [1.165, 1.54) is 18.4 Å². The predicted octanol–water partition coefficient (Wildman–Crippen LogP) is 2.21. The Bertz CT molecular complexity index is 438. The molecule has 0 spiro atoms. The number of aryl methyl sites for hydroxylation is 1. The Morgan fingerprint density at radius 3 is 2.57 bits per heavy atom. The van der Waals surface area contributed by atoms with E-state index in [0.717, 1.165) is 31.5 Å². The zero-order valence-electron chi connectivity index (χ0n) is 13.0. The molecule has 0 aromatic heterocycles. The third-order valence-corrected chi connectivity index (χ3v) is 4.09. The van der Waals surface area contributed by atoms with Crippen LogP contribution in [0.3, 0.4) is 0 Å². The highest BCUT2D eigenvalue weighted by Crippen LogP contribution is 2.18. The Kier molecular flexibility index (Phi) is 6.05. The molecule has 1 amide bonds. The van der Waals surface area contributed by atoms with Crippen molar-refractivity contribution in [1.82, 2.24) is 5.32 Å². The van der Waals surface area contributed by atoms with Gasteiger partial charge in [0.05, 0.1) is 6.54 Å². The Morgan fingerprint density at radius 2 is 1.95 bits per heavy atom. The lowest BCUT2D eigenvalue weighted by atomic mass is 10.2. The lowest BCUT2D eigenvalue weighted by Crippen LogP contribution is -2.42. The molecule has 1 saturated carbocycles. The summed E-state index contributed by atoms with van der Waals surface area (Å²) in [5.41, 5.74) is 7.94. The van der Waals surface area contributed by atoms with E-state index in [1.54, 1.807) is 0 Å². The highest BCUT2D eigenvalue weighted by atomic mass is 16.2. The molecule has 116 valence electrons. The van der Waals surface area contributed by atoms with Crippen LogP contribution >= 0.6 is 0 Å². The molecule has 2 rings (SSSR count). The summed E-state index contributed by atoms with van der Waals surface area (Å²) >= 11 is 0. The molecule has 0 saturated heterocycles. The number of nitrogens with two attached hydrogens (primary N) is 1. The normalized spacial score (nSPS) is 15.1. The molecular formula is C17H27N3O. The SMILES string of the molecule is Cc1ccc(N(CCCN)CC(=O)NC2CCCC2)cc1. The topological polar surface area (TPSA) is 58.4 Å². The fourth-order valence-electron chi connectivity index (χ4n) is 2.85. The molecule has 0 heterocycles. The summed E-state index contributed by atoms with van der Waals surface area (Å²) < 4.78 is 0. The zero-order valence-corrected chi connectivity index (χ0v) is 13.0. The minimum atomic E-state index is 0.125. The van der Waals surface area contributed by atoms with E-state index in [9.17, 15) is 4.79 Å². The van der Waals surface area contributed by atoms with E-state index in [4.69, 9.17) is 5.73 Å². The van der Waals surface area contributed by atoms with Crippen LogP contribution in [0.15, 0.2) is 24.3 Å². The van der Waals surface area contributed by atoms with Crippen molar-refractivity contribution in [3.8, 4) is 0 Å². The van der Waals surface area contributed by atoms with Crippen LogP contribution in [0.25, 0.3) is 0 Å². The quantitative estimate of drug-likeness (QED) is 0.809. The Morgan fingerprint density at radius 1 is 1.29 bits per heavy atom. The number of rotatable bonds is 7. The highest BCUT2D eigenvalue weighted by Gasteiger charge is 2.18. The number of carbonyl (C=O) groups is 1. The summed E-state index contributed by atoms with van der Waals surface area (Å²) in [7, 11) is 0. The lowest BCUT2D eigenvalue weighted by Gasteiger charge is -2.25. The first-order valence-electron chi connectivity index (χ1n) is 8.00. The van der Waals surface area contributed by atoms with Crippen molar-refractivity contribution in [3.63, 3.8) is 0 Å². The van der Waals surface area contributed by atoms with Crippen molar-refractivity contribution in [1.29, 1.82) is 0 Å². The number of hydrogen-bond donors (Lipinski definition) is 2. The van der Waals surface area contributed by atoms with Gasteiger partial charge in [-0.15, -0.1) is 0 Å². The first-order chi connectivity index (χ1) is 10.2. The summed E-state index contributed by atoms with van der Waals surface area (Å²) in [6.07, 6.45) is 5.61. The van der Waals surface area contributed by atoms with Gasteiger partial charge in [0, 0.05) is 18.3 Å². The van der Waals surface area contributed by atoms with Crippen molar-refractivity contribution in [2.24, 2.45) is 5.73 Å². The number of hydrogen-bond acceptors (Lipinski definition) is 3. The Hall–Kier alpha value is -1.55. The second-order valence-electron chi connectivity index (χ2n) is 5.95. The zero-order chi connectivity index (χ0) is 15.1. The van der Waals surface area contributed by atoms with Crippen LogP contribution in [0, 0.1) is 6.92 Å². The fraction of sp³-hybridized carbons (Fsp3) is 0.588. The first kappa shape index (κ1) is 15.8. The van der Waals surface area contributed by atoms with Crippen molar-refractivity contribution in [3.05, 3.63) is 29.8 Å². The number of carbonyl (C=O) groups excluding carboxylic acids is 1. The van der Waals surface area contributed by atoms with Gasteiger partial charge in [0.2, 0.25) is 5.91 Å². The number of amides is 1. The highest BCUT2D eigenvalue weighted by molar-refractivity contribution is 5.81. The molecule has 0 atom stereocenters. The molecule has 4 heteroatoms. The molecule has 0 radical (unpaired) electrons. The average Bonchev–Trinajstić information content (AvgIpc) is 2.97. The summed E-state index contributed by atoms with van der Waals surface area (Å²) in [4.78, 5) is 14.4. The molecule has 21 heavy (non-hydrogen) atoms. The van der Waals surface area contributed by atoms with Crippen molar-refractivity contribution < 1.29 is 4.79 Å². The van der Waals surface area contributed by atoms with E-state index < -0.39 is 0 Å². The van der Waals surface area contributed by atoms with Crippen LogP contribution < -0.4 is 16.0 Å². The van der Waals surface area contributed by atoms with Crippen LogP contribution in [0.4, 0.5) is 5.69 Å². The van der Waals surface area contributed by atoms with E-state index >= 15 is 0 Å². The van der Waals surface area contributed by atoms with Gasteiger partial charge in [-0.1, -0.05) is 30.5 Å². The van der Waals surface area contributed by atoms with Crippen LogP contribution in [0.5, 0.6) is 0 Å². The summed E-state index contributed by atoms with van der Waals surface area (Å²) in [6.45, 7) is 3.95. The predicted molar refractivity (Wildman–Crippen MR) is 87.5 cm³/mol. The van der Waals surface area contributed by atoms with E-state index in [1.807, 2.05) is 0 Å². The van der Waals surface area contributed by atoms with E-state index in [2.05, 4.69) is 41.4 Å². The molecule has 1 fully saturated rings. The minimum Gasteiger partial charge on any atom is -0.362 e. The Balaban J connectivity index is 1.94. The molecule has 4 nitrogen and oxygen atoms in total. The van der Waals surface area contributed by atoms with Gasteiger partial charge in [0.25, 0.3) is 0 Å². The maximum atomic E-state index is 12.2. The molecular weight excluding hydrogens is 262 g/mol. The largest absolute Gasteiger partial charge is 0.362 e. The van der Waals surface area contributed by atoms with Gasteiger partial charge in [0.1, 0.15) is 0 Å². The van der Waals surface area contributed by atoms with Crippen LogP contribution in [-0.4, -0.2) is 31.6 Å². The van der Waals surface area contributed by atoms with Crippen molar-refractivity contribution >= 4 is 11.6 Å². The van der Waals surface area contributed by atoms with Gasteiger partial charge in [-0.2, -0.15) is 0 Å². The third kappa shape index (κ3) is 5.05. The molecule has 1 aliphatic carbocycles. The minimum absolute atomic E-state index is 0.125. The molecule has 0 bridgehead atoms. The maximum absolute atomic E-state index is 12.2. The van der Waals surface area contributed by atoms with Gasteiger partial charge < -0.3 is 16.0 Å². The monoisotopic (exact) mass is 289 g/mol. The number of benzene rings is 1. The standard InChI is InChI=1S/C17H27N3O/c1-14-7-9-16(10-8-14)20(12-4-11-18)13-17(21)19-15-5-2-3-6-15/h7-10,15H,2-6,11-13,18H2,1H3,(H,19,21). The molecule has 1 aromatic carbocycles.